The predicted octanol–water partition coefficient (Wildman–Crippen LogP) is 2.71. The lowest BCUT2D eigenvalue weighted by Crippen LogP contribution is -2.51. The lowest BCUT2D eigenvalue weighted by molar-refractivity contribution is -0.129. The minimum absolute atomic E-state index is 0.0144. The van der Waals surface area contributed by atoms with Crippen molar-refractivity contribution in [3.8, 4) is 0 Å². The molecule has 0 radical (unpaired) electrons. The van der Waals surface area contributed by atoms with Gasteiger partial charge in [-0.1, -0.05) is 17.8 Å². The van der Waals surface area contributed by atoms with Crippen LogP contribution < -0.4 is 0 Å². The summed E-state index contributed by atoms with van der Waals surface area (Å²) >= 11 is 2.95. The number of amides is 2. The van der Waals surface area contributed by atoms with Crippen LogP contribution in [0.5, 0.6) is 0 Å². The number of nitrogens with zero attached hydrogens (tertiary/aromatic N) is 4. The van der Waals surface area contributed by atoms with Gasteiger partial charge in [0.1, 0.15) is 5.82 Å². The average molecular weight is 430 g/mol. The van der Waals surface area contributed by atoms with Crippen molar-refractivity contribution in [1.29, 1.82) is 0 Å². The number of furan rings is 1. The monoisotopic (exact) mass is 429 g/mol. The van der Waals surface area contributed by atoms with Crippen LogP contribution in [0.2, 0.25) is 0 Å². The zero-order chi connectivity index (χ0) is 20.1. The number of aromatic nitrogens is 3. The van der Waals surface area contributed by atoms with E-state index < -0.39 is 0 Å². The molecular weight excluding hydrogens is 410 g/mol. The zero-order valence-electron chi connectivity index (χ0n) is 15.5. The van der Waals surface area contributed by atoms with Gasteiger partial charge in [-0.05, 0) is 35.7 Å². The quantitative estimate of drug-likeness (QED) is 0.606. The van der Waals surface area contributed by atoms with Crippen LogP contribution in [0.25, 0.3) is 12.2 Å². The van der Waals surface area contributed by atoms with Crippen LogP contribution in [0.1, 0.15) is 21.3 Å². The number of thioether (sulfide) groups is 1. The molecule has 3 aromatic heterocycles. The molecule has 8 nitrogen and oxygen atoms in total. The normalized spacial score (nSPS) is 14.6. The minimum atomic E-state index is -0.139. The highest BCUT2D eigenvalue weighted by Gasteiger charge is 2.26. The number of piperazine rings is 1. The molecule has 29 heavy (non-hydrogen) atoms. The summed E-state index contributed by atoms with van der Waals surface area (Å²) in [7, 11) is 0. The van der Waals surface area contributed by atoms with Gasteiger partial charge in [0.25, 0.3) is 5.91 Å². The fraction of sp³-hybridized carbons (Fsp3) is 0.263. The third-order valence-electron chi connectivity index (χ3n) is 4.41. The number of nitrogens with one attached hydrogen (secondary N) is 1. The van der Waals surface area contributed by atoms with Crippen LogP contribution in [-0.2, 0) is 4.79 Å². The molecule has 3 aromatic rings. The number of carbonyl (C=O) groups excluding carboxylic acids is 2. The van der Waals surface area contributed by atoms with Gasteiger partial charge in [-0.3, -0.25) is 14.7 Å². The van der Waals surface area contributed by atoms with Crippen molar-refractivity contribution in [3.63, 3.8) is 0 Å². The second-order valence-corrected chi connectivity index (χ2v) is 8.21. The third-order valence-corrected chi connectivity index (χ3v) is 6.08. The summed E-state index contributed by atoms with van der Waals surface area (Å²) in [5.41, 5.74) is 0. The molecule has 4 rings (SSSR count). The molecule has 0 aromatic carbocycles. The molecule has 10 heteroatoms. The molecule has 0 spiro atoms. The highest BCUT2D eigenvalue weighted by molar-refractivity contribution is 7.99. The second kappa shape index (κ2) is 9.10. The smallest absolute Gasteiger partial charge is 0.289 e. The van der Waals surface area contributed by atoms with E-state index in [4.69, 9.17) is 4.42 Å². The van der Waals surface area contributed by atoms with E-state index in [-0.39, 0.29) is 17.6 Å². The first-order valence-corrected chi connectivity index (χ1v) is 10.9. The average Bonchev–Trinajstić information content (AvgIpc) is 3.52. The lowest BCUT2D eigenvalue weighted by Gasteiger charge is -2.34. The molecule has 150 valence electrons. The van der Waals surface area contributed by atoms with Gasteiger partial charge in [0, 0.05) is 31.1 Å². The molecule has 0 atom stereocenters. The van der Waals surface area contributed by atoms with Crippen LogP contribution >= 0.6 is 23.1 Å². The van der Waals surface area contributed by atoms with E-state index >= 15 is 0 Å². The molecule has 1 N–H and O–H groups in total. The summed E-state index contributed by atoms with van der Waals surface area (Å²) in [5.74, 6) is 1.12. The maximum atomic E-state index is 12.5. The first-order valence-electron chi connectivity index (χ1n) is 9.06. The van der Waals surface area contributed by atoms with Crippen molar-refractivity contribution in [2.45, 2.75) is 5.16 Å². The van der Waals surface area contributed by atoms with Crippen LogP contribution in [0.4, 0.5) is 0 Å². The molecule has 0 unspecified atom stereocenters. The zero-order valence-corrected chi connectivity index (χ0v) is 17.1. The van der Waals surface area contributed by atoms with E-state index in [2.05, 4.69) is 15.2 Å². The van der Waals surface area contributed by atoms with Gasteiger partial charge >= 0.3 is 0 Å². The molecule has 0 aliphatic carbocycles. The van der Waals surface area contributed by atoms with E-state index in [1.165, 1.54) is 18.0 Å². The summed E-state index contributed by atoms with van der Waals surface area (Å²) in [5, 5.41) is 9.55. The summed E-state index contributed by atoms with van der Waals surface area (Å²) in [6.07, 6.45) is 5.31. The summed E-state index contributed by atoms with van der Waals surface area (Å²) in [4.78, 5) is 33.7. The summed E-state index contributed by atoms with van der Waals surface area (Å²) in [6.45, 7) is 2.01. The van der Waals surface area contributed by atoms with Crippen molar-refractivity contribution in [3.05, 3.63) is 52.4 Å². The lowest BCUT2D eigenvalue weighted by atomic mass is 10.3. The Kier molecular flexibility index (Phi) is 6.11. The number of thiophene rings is 1. The Morgan fingerprint density at radius 1 is 1.17 bits per heavy atom. The fourth-order valence-electron chi connectivity index (χ4n) is 2.88. The molecule has 0 saturated carbocycles. The molecule has 0 bridgehead atoms. The number of rotatable bonds is 6. The number of carbonyl (C=O) groups is 2. The Balaban J connectivity index is 1.23. The van der Waals surface area contributed by atoms with Crippen molar-refractivity contribution < 1.29 is 14.0 Å². The first kappa shape index (κ1) is 19.5. The molecule has 1 fully saturated rings. The summed E-state index contributed by atoms with van der Waals surface area (Å²) < 4.78 is 5.15. The maximum absolute atomic E-state index is 12.5. The Hall–Kier alpha value is -2.85. The number of aromatic amines is 1. The maximum Gasteiger partial charge on any atom is 0.289 e. The van der Waals surface area contributed by atoms with Crippen molar-refractivity contribution >= 4 is 47.1 Å². The van der Waals surface area contributed by atoms with Crippen molar-refractivity contribution in [2.75, 3.05) is 31.9 Å². The number of hydrogen-bond acceptors (Lipinski definition) is 7. The van der Waals surface area contributed by atoms with E-state index in [1.807, 2.05) is 29.7 Å². The van der Waals surface area contributed by atoms with Crippen LogP contribution in [0.15, 0.2) is 45.5 Å². The SMILES string of the molecule is O=C(CSc1n[nH]c(/C=C/c2cccs2)n1)N1CCN(C(=O)c2ccco2)CC1. The number of H-pyrrole nitrogens is 1. The van der Waals surface area contributed by atoms with Crippen molar-refractivity contribution in [2.24, 2.45) is 0 Å². The Labute approximate surface area is 175 Å². The highest BCUT2D eigenvalue weighted by atomic mass is 32.2. The van der Waals surface area contributed by atoms with Gasteiger partial charge in [-0.25, -0.2) is 4.98 Å². The third kappa shape index (κ3) is 4.96. The largest absolute Gasteiger partial charge is 0.459 e. The van der Waals surface area contributed by atoms with Gasteiger partial charge in [0.15, 0.2) is 5.76 Å². The molecule has 1 aliphatic heterocycles. The second-order valence-electron chi connectivity index (χ2n) is 6.29. The van der Waals surface area contributed by atoms with Crippen LogP contribution in [0.3, 0.4) is 0 Å². The molecular formula is C19H19N5O3S2. The Bertz CT molecular complexity index is 974. The van der Waals surface area contributed by atoms with Crippen LogP contribution in [0, 0.1) is 0 Å². The standard InChI is InChI=1S/C19H19N5O3S2/c25-17(23-7-9-24(10-8-23)18(26)15-4-1-11-27-15)13-29-19-20-16(21-22-19)6-5-14-3-2-12-28-14/h1-6,11-12H,7-10,13H2,(H,20,21,22)/b6-5+. The molecule has 1 saturated heterocycles. The number of hydrogen-bond donors (Lipinski definition) is 1. The first-order chi connectivity index (χ1) is 14.2. The summed E-state index contributed by atoms with van der Waals surface area (Å²) in [6, 6.07) is 7.35. The Morgan fingerprint density at radius 3 is 2.72 bits per heavy atom. The van der Waals surface area contributed by atoms with Gasteiger partial charge in [-0.2, -0.15) is 0 Å². The van der Waals surface area contributed by atoms with E-state index in [9.17, 15) is 9.59 Å². The van der Waals surface area contributed by atoms with Gasteiger partial charge in [0.2, 0.25) is 11.1 Å². The highest BCUT2D eigenvalue weighted by Crippen LogP contribution is 2.17. The molecule has 4 heterocycles. The van der Waals surface area contributed by atoms with E-state index in [1.54, 1.807) is 33.3 Å². The Morgan fingerprint density at radius 2 is 2.00 bits per heavy atom. The van der Waals surface area contributed by atoms with E-state index in [0.29, 0.717) is 42.9 Å². The van der Waals surface area contributed by atoms with Gasteiger partial charge in [-0.15, -0.1) is 16.4 Å². The van der Waals surface area contributed by atoms with Crippen molar-refractivity contribution in [1.82, 2.24) is 25.0 Å². The predicted molar refractivity (Wildman–Crippen MR) is 112 cm³/mol. The van der Waals surface area contributed by atoms with Gasteiger partial charge < -0.3 is 14.2 Å². The topological polar surface area (TPSA) is 95.3 Å². The molecule has 1 aliphatic rings. The van der Waals surface area contributed by atoms with Gasteiger partial charge in [0.05, 0.1) is 12.0 Å². The fourth-order valence-corrected chi connectivity index (χ4v) is 4.20. The van der Waals surface area contributed by atoms with Crippen LogP contribution in [-0.4, -0.2) is 68.7 Å². The minimum Gasteiger partial charge on any atom is -0.459 e. The molecule has 2 amide bonds. The van der Waals surface area contributed by atoms with E-state index in [0.717, 1.165) is 4.88 Å².